The van der Waals surface area contributed by atoms with Crippen molar-refractivity contribution in [1.29, 1.82) is 0 Å². The van der Waals surface area contributed by atoms with Gasteiger partial charge in [-0.1, -0.05) is 22.0 Å². The molecule has 0 unspecified atom stereocenters. The normalized spacial score (nSPS) is 21.1. The lowest BCUT2D eigenvalue weighted by Gasteiger charge is -2.34. The van der Waals surface area contributed by atoms with Gasteiger partial charge >= 0.3 is 0 Å². The Labute approximate surface area is 178 Å². The van der Waals surface area contributed by atoms with Crippen molar-refractivity contribution in [3.05, 3.63) is 51.8 Å². The zero-order valence-electron chi connectivity index (χ0n) is 16.6. The maximum atomic E-state index is 12.7. The van der Waals surface area contributed by atoms with E-state index in [-0.39, 0.29) is 23.8 Å². The Balaban J connectivity index is 1.36. The van der Waals surface area contributed by atoms with E-state index >= 15 is 0 Å². The fraction of sp³-hybridized carbons (Fsp3) is 0.409. The number of pyridine rings is 1. The third kappa shape index (κ3) is 3.88. The highest BCUT2D eigenvalue weighted by molar-refractivity contribution is 9.10. The van der Waals surface area contributed by atoms with E-state index < -0.39 is 0 Å². The number of carbonyl (C=O) groups excluding carboxylic acids is 2. The number of carbonyl (C=O) groups is 2. The van der Waals surface area contributed by atoms with Crippen LogP contribution in [0.25, 0.3) is 0 Å². The fourth-order valence-corrected chi connectivity index (χ4v) is 4.70. The lowest BCUT2D eigenvalue weighted by atomic mass is 9.84. The second kappa shape index (κ2) is 8.14. The van der Waals surface area contributed by atoms with Gasteiger partial charge in [-0.25, -0.2) is 0 Å². The zero-order chi connectivity index (χ0) is 20.5. The standard InChI is InChI=1S/C22H24BrN3O3/c1-13-3-6-15(11-19(13)29-2)25-21(27)14-4-7-16(8-5-14)26-12-17-18(23)9-10-24-20(17)22(26)28/h3,6,9-11,14,16H,4-5,7-8,12H2,1-2H3,(H,25,27). The van der Waals surface area contributed by atoms with Gasteiger partial charge in [0, 0.05) is 46.5 Å². The maximum Gasteiger partial charge on any atom is 0.273 e. The van der Waals surface area contributed by atoms with E-state index in [1.807, 2.05) is 36.1 Å². The molecule has 4 rings (SSSR count). The Morgan fingerprint density at radius 1 is 1.24 bits per heavy atom. The first-order chi connectivity index (χ1) is 14.0. The third-order valence-corrected chi connectivity index (χ3v) is 6.72. The summed E-state index contributed by atoms with van der Waals surface area (Å²) < 4.78 is 6.26. The molecule has 0 saturated heterocycles. The van der Waals surface area contributed by atoms with Gasteiger partial charge in [0.15, 0.2) is 0 Å². The molecule has 1 aromatic heterocycles. The molecule has 152 valence electrons. The van der Waals surface area contributed by atoms with Gasteiger partial charge in [0.2, 0.25) is 5.91 Å². The van der Waals surface area contributed by atoms with Crippen molar-refractivity contribution in [2.24, 2.45) is 5.92 Å². The molecule has 1 aromatic carbocycles. The minimum absolute atomic E-state index is 0.000881. The molecule has 2 heterocycles. The van der Waals surface area contributed by atoms with Crippen molar-refractivity contribution in [1.82, 2.24) is 9.88 Å². The monoisotopic (exact) mass is 457 g/mol. The SMILES string of the molecule is COc1cc(NC(=O)C2CCC(N3Cc4c(Br)ccnc4C3=O)CC2)ccc1C. The number of aryl methyl sites for hydroxylation is 1. The van der Waals surface area contributed by atoms with E-state index in [9.17, 15) is 9.59 Å². The molecule has 2 aromatic rings. The van der Waals surface area contributed by atoms with E-state index in [0.29, 0.717) is 12.2 Å². The van der Waals surface area contributed by atoms with Gasteiger partial charge in [0.05, 0.1) is 7.11 Å². The van der Waals surface area contributed by atoms with Gasteiger partial charge in [0.1, 0.15) is 11.4 Å². The number of hydrogen-bond acceptors (Lipinski definition) is 4. The van der Waals surface area contributed by atoms with Crippen molar-refractivity contribution in [2.75, 3.05) is 12.4 Å². The summed E-state index contributed by atoms with van der Waals surface area (Å²) in [6.07, 6.45) is 4.85. The van der Waals surface area contributed by atoms with Gasteiger partial charge in [-0.2, -0.15) is 0 Å². The van der Waals surface area contributed by atoms with Crippen LogP contribution in [-0.4, -0.2) is 34.8 Å². The predicted octanol–water partition coefficient (Wildman–Crippen LogP) is 4.31. The van der Waals surface area contributed by atoms with E-state index in [1.54, 1.807) is 13.3 Å². The molecular weight excluding hydrogens is 434 g/mol. The van der Waals surface area contributed by atoms with Gasteiger partial charge in [-0.05, 0) is 50.3 Å². The summed E-state index contributed by atoms with van der Waals surface area (Å²) in [5, 5.41) is 3.01. The quantitative estimate of drug-likeness (QED) is 0.741. The van der Waals surface area contributed by atoms with Gasteiger partial charge in [0.25, 0.3) is 5.91 Å². The second-order valence-corrected chi connectivity index (χ2v) is 8.59. The van der Waals surface area contributed by atoms with Crippen LogP contribution in [0.4, 0.5) is 5.69 Å². The van der Waals surface area contributed by atoms with Crippen molar-refractivity contribution in [3.63, 3.8) is 0 Å². The first kappa shape index (κ1) is 19.9. The van der Waals surface area contributed by atoms with Crippen LogP contribution in [-0.2, 0) is 11.3 Å². The Hall–Kier alpha value is -2.41. The summed E-state index contributed by atoms with van der Waals surface area (Å²) in [4.78, 5) is 31.6. The smallest absolute Gasteiger partial charge is 0.273 e. The van der Waals surface area contributed by atoms with Crippen LogP contribution < -0.4 is 10.1 Å². The molecule has 0 radical (unpaired) electrons. The Kier molecular flexibility index (Phi) is 5.58. The predicted molar refractivity (Wildman–Crippen MR) is 114 cm³/mol. The summed E-state index contributed by atoms with van der Waals surface area (Å²) in [5.74, 6) is 0.762. The van der Waals surface area contributed by atoms with E-state index in [2.05, 4.69) is 26.2 Å². The topological polar surface area (TPSA) is 71.5 Å². The molecule has 0 bridgehead atoms. The minimum Gasteiger partial charge on any atom is -0.496 e. The van der Waals surface area contributed by atoms with Gasteiger partial charge < -0.3 is 15.0 Å². The molecule has 2 aliphatic rings. The van der Waals surface area contributed by atoms with Crippen LogP contribution in [0.2, 0.25) is 0 Å². The molecule has 6 nitrogen and oxygen atoms in total. The van der Waals surface area contributed by atoms with Crippen LogP contribution >= 0.6 is 15.9 Å². The number of halogens is 1. The molecule has 0 spiro atoms. The molecule has 7 heteroatoms. The number of benzene rings is 1. The lowest BCUT2D eigenvalue weighted by molar-refractivity contribution is -0.121. The second-order valence-electron chi connectivity index (χ2n) is 7.73. The van der Waals surface area contributed by atoms with Crippen molar-refractivity contribution >= 4 is 33.4 Å². The lowest BCUT2D eigenvalue weighted by Crippen LogP contribution is -2.40. The zero-order valence-corrected chi connectivity index (χ0v) is 18.2. The fourth-order valence-electron chi connectivity index (χ4n) is 4.27. The summed E-state index contributed by atoms with van der Waals surface area (Å²) >= 11 is 3.52. The highest BCUT2D eigenvalue weighted by Gasteiger charge is 2.37. The Bertz CT molecular complexity index is 954. The summed E-state index contributed by atoms with van der Waals surface area (Å²) in [6.45, 7) is 2.56. The van der Waals surface area contributed by atoms with Crippen molar-refractivity contribution < 1.29 is 14.3 Å². The number of fused-ring (bicyclic) bond motifs is 1. The van der Waals surface area contributed by atoms with Crippen LogP contribution in [0.5, 0.6) is 5.75 Å². The molecule has 1 fully saturated rings. The van der Waals surface area contributed by atoms with Crippen LogP contribution in [0, 0.1) is 12.8 Å². The summed E-state index contributed by atoms with van der Waals surface area (Å²) in [7, 11) is 1.63. The molecule has 1 aliphatic carbocycles. The van der Waals surface area contributed by atoms with Gasteiger partial charge in [-0.15, -0.1) is 0 Å². The first-order valence-electron chi connectivity index (χ1n) is 9.87. The molecule has 2 amide bonds. The number of nitrogens with zero attached hydrogens (tertiary/aromatic N) is 2. The number of anilines is 1. The molecule has 29 heavy (non-hydrogen) atoms. The average Bonchev–Trinajstić information content (AvgIpc) is 3.07. The number of rotatable bonds is 4. The van der Waals surface area contributed by atoms with Crippen LogP contribution in [0.3, 0.4) is 0 Å². The number of ether oxygens (including phenoxy) is 1. The highest BCUT2D eigenvalue weighted by atomic mass is 79.9. The van der Waals surface area contributed by atoms with Crippen molar-refractivity contribution in [3.8, 4) is 5.75 Å². The van der Waals surface area contributed by atoms with Crippen LogP contribution in [0.1, 0.15) is 47.3 Å². The minimum atomic E-state index is -0.0384. The number of amides is 2. The van der Waals surface area contributed by atoms with Crippen molar-refractivity contribution in [2.45, 2.75) is 45.2 Å². The van der Waals surface area contributed by atoms with E-state index in [0.717, 1.165) is 52.7 Å². The molecule has 0 atom stereocenters. The Morgan fingerprint density at radius 3 is 2.69 bits per heavy atom. The molecule has 1 saturated carbocycles. The summed E-state index contributed by atoms with van der Waals surface area (Å²) in [5.41, 5.74) is 3.29. The third-order valence-electron chi connectivity index (χ3n) is 5.97. The van der Waals surface area contributed by atoms with E-state index in [4.69, 9.17) is 4.74 Å². The molecule has 1 N–H and O–H groups in total. The van der Waals surface area contributed by atoms with E-state index in [1.165, 1.54) is 0 Å². The maximum absolute atomic E-state index is 12.7. The average molecular weight is 458 g/mol. The number of nitrogens with one attached hydrogen (secondary N) is 1. The summed E-state index contributed by atoms with van der Waals surface area (Å²) in [6, 6.07) is 7.72. The van der Waals surface area contributed by atoms with Crippen LogP contribution in [0.15, 0.2) is 34.9 Å². The highest BCUT2D eigenvalue weighted by Crippen LogP contribution is 2.35. The first-order valence-corrected chi connectivity index (χ1v) is 10.7. The molecular formula is C22H24BrN3O3. The molecule has 1 aliphatic heterocycles. The largest absolute Gasteiger partial charge is 0.496 e. The number of methoxy groups -OCH3 is 1. The van der Waals surface area contributed by atoms with Gasteiger partial charge in [-0.3, -0.25) is 14.6 Å². The number of hydrogen-bond donors (Lipinski definition) is 1. The Morgan fingerprint density at radius 2 is 2.00 bits per heavy atom. The number of aromatic nitrogens is 1.